The monoisotopic (exact) mass is 452 g/mol. The van der Waals surface area contributed by atoms with Gasteiger partial charge in [0.25, 0.3) is 5.91 Å². The Hall–Kier alpha value is -3.29. The summed E-state index contributed by atoms with van der Waals surface area (Å²) in [5.41, 5.74) is 2.08. The summed E-state index contributed by atoms with van der Waals surface area (Å²) >= 11 is 1.32. The largest absolute Gasteiger partial charge is 0.457 e. The number of ether oxygens (including phenoxy) is 1. The third-order valence-corrected chi connectivity index (χ3v) is 6.00. The third kappa shape index (κ3) is 5.25. The average molecular weight is 452 g/mol. The molecule has 4 aromatic rings. The van der Waals surface area contributed by atoms with Gasteiger partial charge in [0.1, 0.15) is 11.5 Å². The Labute approximate surface area is 182 Å². The Morgan fingerprint density at radius 1 is 0.935 bits per heavy atom. The molecule has 0 radical (unpaired) electrons. The topological polar surface area (TPSA) is 109 Å². The molecule has 9 heteroatoms. The first kappa shape index (κ1) is 21.0. The van der Waals surface area contributed by atoms with Gasteiger partial charge in [0.15, 0.2) is 5.13 Å². The Balaban J connectivity index is 1.67. The minimum absolute atomic E-state index is 0.0959. The number of rotatable bonds is 6. The molecule has 0 aliphatic heterocycles. The first-order valence-corrected chi connectivity index (χ1v) is 11.6. The molecule has 31 heavy (non-hydrogen) atoms. The van der Waals surface area contributed by atoms with Crippen LogP contribution in [0.2, 0.25) is 0 Å². The summed E-state index contributed by atoms with van der Waals surface area (Å²) in [7, 11) is -4.33. The van der Waals surface area contributed by atoms with E-state index in [1.165, 1.54) is 35.6 Å². The summed E-state index contributed by atoms with van der Waals surface area (Å²) in [4.78, 5) is 35.4. The fraction of sp³-hybridized carbons (Fsp3) is 0. The normalized spacial score (nSPS) is 11.2. The van der Waals surface area contributed by atoms with Crippen molar-refractivity contribution < 1.29 is 23.9 Å². The van der Waals surface area contributed by atoms with Crippen molar-refractivity contribution in [3.05, 3.63) is 89.9 Å². The highest BCUT2D eigenvalue weighted by Gasteiger charge is 2.17. The number of carbonyl (C=O) groups excluding carboxylic acids is 1. The molecule has 0 aliphatic rings. The molecule has 0 saturated heterocycles. The summed E-state index contributed by atoms with van der Waals surface area (Å²) in [6, 6.07) is 20.3. The molecular weight excluding hydrogens is 435 g/mol. The molecule has 0 spiro atoms. The standard InChI is InChI=1S/C22H17N2O5PS/c25-21(24-22-23-10-11-31-22)17-12-16(15-4-2-1-3-5-15)13-19(14-17)29-18-6-8-20(9-7-18)30(26,27)28/h1-14H,(H,23,24,25)(H2,26,27,28). The fourth-order valence-electron chi connectivity index (χ4n) is 2.89. The van der Waals surface area contributed by atoms with Crippen molar-refractivity contribution in [1.82, 2.24) is 4.98 Å². The van der Waals surface area contributed by atoms with Crippen LogP contribution in [-0.4, -0.2) is 20.7 Å². The van der Waals surface area contributed by atoms with Crippen LogP contribution in [0, 0.1) is 0 Å². The van der Waals surface area contributed by atoms with Gasteiger partial charge in [-0.25, -0.2) is 4.98 Å². The number of aromatic nitrogens is 1. The molecule has 3 aromatic carbocycles. The maximum absolute atomic E-state index is 12.8. The second kappa shape index (κ2) is 8.83. The van der Waals surface area contributed by atoms with E-state index in [9.17, 15) is 19.1 Å². The molecule has 1 heterocycles. The van der Waals surface area contributed by atoms with Crippen LogP contribution in [0.1, 0.15) is 10.4 Å². The van der Waals surface area contributed by atoms with Gasteiger partial charge in [0, 0.05) is 17.1 Å². The molecule has 3 N–H and O–H groups in total. The number of hydrogen-bond donors (Lipinski definition) is 3. The summed E-state index contributed by atoms with van der Waals surface area (Å²) < 4.78 is 17.2. The lowest BCUT2D eigenvalue weighted by Crippen LogP contribution is -2.12. The van der Waals surface area contributed by atoms with Crippen molar-refractivity contribution in [2.24, 2.45) is 0 Å². The quantitative estimate of drug-likeness (QED) is 0.367. The Kier molecular flexibility index (Phi) is 5.97. The molecular formula is C22H17N2O5PS. The lowest BCUT2D eigenvalue weighted by atomic mass is 10.0. The van der Waals surface area contributed by atoms with Gasteiger partial charge in [-0.15, -0.1) is 11.3 Å². The SMILES string of the molecule is O=C(Nc1nccs1)c1cc(Oc2ccc(P(=O)(O)O)cc2)cc(-c2ccccc2)c1. The maximum atomic E-state index is 12.8. The van der Waals surface area contributed by atoms with Crippen molar-refractivity contribution in [2.45, 2.75) is 0 Å². The van der Waals surface area contributed by atoms with Crippen LogP contribution < -0.4 is 15.4 Å². The predicted molar refractivity (Wildman–Crippen MR) is 120 cm³/mol. The second-order valence-electron chi connectivity index (χ2n) is 6.54. The van der Waals surface area contributed by atoms with Crippen LogP contribution in [0.25, 0.3) is 11.1 Å². The van der Waals surface area contributed by atoms with E-state index in [4.69, 9.17) is 4.74 Å². The number of hydrogen-bond acceptors (Lipinski definition) is 5. The van der Waals surface area contributed by atoms with Crippen molar-refractivity contribution >= 4 is 35.3 Å². The van der Waals surface area contributed by atoms with E-state index >= 15 is 0 Å². The third-order valence-electron chi connectivity index (χ3n) is 4.34. The zero-order valence-electron chi connectivity index (χ0n) is 16.0. The zero-order valence-corrected chi connectivity index (χ0v) is 17.7. The number of thiazole rings is 1. The molecule has 0 aliphatic carbocycles. The van der Waals surface area contributed by atoms with E-state index in [1.54, 1.807) is 29.8 Å². The molecule has 156 valence electrons. The smallest absolute Gasteiger partial charge is 0.356 e. The summed E-state index contributed by atoms with van der Waals surface area (Å²) in [6.07, 6.45) is 1.61. The van der Waals surface area contributed by atoms with E-state index in [0.29, 0.717) is 22.2 Å². The van der Waals surface area contributed by atoms with E-state index in [0.717, 1.165) is 11.1 Å². The fourth-order valence-corrected chi connectivity index (χ4v) is 3.95. The molecule has 0 unspecified atom stereocenters. The summed E-state index contributed by atoms with van der Waals surface area (Å²) in [5.74, 6) is 0.470. The molecule has 1 aromatic heterocycles. The summed E-state index contributed by atoms with van der Waals surface area (Å²) in [5, 5.41) is 4.92. The number of anilines is 1. The minimum Gasteiger partial charge on any atom is -0.457 e. The van der Waals surface area contributed by atoms with Crippen LogP contribution >= 0.6 is 18.9 Å². The molecule has 7 nitrogen and oxygen atoms in total. The molecule has 0 fully saturated rings. The van der Waals surface area contributed by atoms with E-state index in [1.807, 2.05) is 30.3 Å². The van der Waals surface area contributed by atoms with E-state index in [2.05, 4.69) is 10.3 Å². The molecule has 0 atom stereocenters. The van der Waals surface area contributed by atoms with Crippen LogP contribution in [0.4, 0.5) is 5.13 Å². The highest BCUT2D eigenvalue weighted by Crippen LogP contribution is 2.34. The van der Waals surface area contributed by atoms with Gasteiger partial charge in [-0.2, -0.15) is 0 Å². The van der Waals surface area contributed by atoms with Crippen molar-refractivity contribution in [2.75, 3.05) is 5.32 Å². The number of carbonyl (C=O) groups is 1. The average Bonchev–Trinajstić information content (AvgIpc) is 3.27. The van der Waals surface area contributed by atoms with Gasteiger partial charge in [-0.05, 0) is 53.6 Å². The number of nitrogens with zero attached hydrogens (tertiary/aromatic N) is 1. The van der Waals surface area contributed by atoms with Gasteiger partial charge in [0.2, 0.25) is 0 Å². The van der Waals surface area contributed by atoms with Gasteiger partial charge in [0.05, 0.1) is 5.30 Å². The lowest BCUT2D eigenvalue weighted by molar-refractivity contribution is 0.102. The number of nitrogens with one attached hydrogen (secondary N) is 1. The Morgan fingerprint density at radius 3 is 2.32 bits per heavy atom. The van der Waals surface area contributed by atoms with Crippen LogP contribution in [0.3, 0.4) is 0 Å². The first-order chi connectivity index (χ1) is 14.9. The van der Waals surface area contributed by atoms with E-state index < -0.39 is 7.60 Å². The van der Waals surface area contributed by atoms with Gasteiger partial charge >= 0.3 is 7.60 Å². The summed E-state index contributed by atoms with van der Waals surface area (Å²) in [6.45, 7) is 0. The van der Waals surface area contributed by atoms with E-state index in [-0.39, 0.29) is 11.2 Å². The van der Waals surface area contributed by atoms with Crippen molar-refractivity contribution in [3.8, 4) is 22.6 Å². The van der Waals surface area contributed by atoms with Gasteiger partial charge < -0.3 is 14.5 Å². The maximum Gasteiger partial charge on any atom is 0.356 e. The highest BCUT2D eigenvalue weighted by atomic mass is 32.1. The minimum atomic E-state index is -4.33. The number of amides is 1. The first-order valence-electron chi connectivity index (χ1n) is 9.14. The van der Waals surface area contributed by atoms with Gasteiger partial charge in [-0.3, -0.25) is 14.7 Å². The van der Waals surface area contributed by atoms with Crippen LogP contribution in [-0.2, 0) is 4.57 Å². The van der Waals surface area contributed by atoms with Gasteiger partial charge in [-0.1, -0.05) is 30.3 Å². The molecule has 1 amide bonds. The highest BCUT2D eigenvalue weighted by molar-refractivity contribution is 7.60. The Bertz CT molecular complexity index is 1240. The molecule has 0 bridgehead atoms. The molecule has 4 rings (SSSR count). The lowest BCUT2D eigenvalue weighted by Gasteiger charge is -2.12. The predicted octanol–water partition coefficient (Wildman–Crippen LogP) is 4.66. The Morgan fingerprint density at radius 2 is 1.68 bits per heavy atom. The van der Waals surface area contributed by atoms with Crippen LogP contribution in [0.5, 0.6) is 11.5 Å². The van der Waals surface area contributed by atoms with Crippen LogP contribution in [0.15, 0.2) is 84.4 Å². The second-order valence-corrected chi connectivity index (χ2v) is 9.04. The number of benzene rings is 3. The molecule has 0 saturated carbocycles. The van der Waals surface area contributed by atoms with Crippen molar-refractivity contribution in [1.29, 1.82) is 0 Å². The van der Waals surface area contributed by atoms with Crippen molar-refractivity contribution in [3.63, 3.8) is 0 Å². The zero-order chi connectivity index (χ0) is 21.8.